The highest BCUT2D eigenvalue weighted by molar-refractivity contribution is 5.98. The highest BCUT2D eigenvalue weighted by Gasteiger charge is 2.20. The Balaban J connectivity index is 2.59. The fourth-order valence-electron chi connectivity index (χ4n) is 1.46. The van der Waals surface area contributed by atoms with Crippen molar-refractivity contribution >= 4 is 17.6 Å². The molecule has 3 N–H and O–H groups in total. The molecule has 0 atom stereocenters. The number of benzene rings is 1. The molecule has 0 fully saturated rings. The zero-order valence-electron chi connectivity index (χ0n) is 11.6. The highest BCUT2D eigenvalue weighted by atomic mass is 16.6. The molecule has 0 aliphatic carbocycles. The summed E-state index contributed by atoms with van der Waals surface area (Å²) in [5.74, 6) is -1.34. The van der Waals surface area contributed by atoms with Crippen LogP contribution < -0.4 is 10.6 Å². The Labute approximate surface area is 120 Å². The van der Waals surface area contributed by atoms with E-state index in [1.54, 1.807) is 14.1 Å². The van der Waals surface area contributed by atoms with Gasteiger partial charge >= 0.3 is 11.7 Å². The van der Waals surface area contributed by atoms with Crippen molar-refractivity contribution in [2.45, 2.75) is 0 Å². The van der Waals surface area contributed by atoms with E-state index in [1.807, 2.05) is 0 Å². The van der Waals surface area contributed by atoms with E-state index in [0.29, 0.717) is 0 Å². The number of nitrogens with zero attached hydrogens (tertiary/aromatic N) is 2. The summed E-state index contributed by atoms with van der Waals surface area (Å²) in [5.41, 5.74) is -0.730. The van der Waals surface area contributed by atoms with Gasteiger partial charge < -0.3 is 20.6 Å². The molecule has 0 aromatic heterocycles. The molecular weight excluding hydrogens is 280 g/mol. The van der Waals surface area contributed by atoms with E-state index in [1.165, 1.54) is 17.0 Å². The van der Waals surface area contributed by atoms with Crippen molar-refractivity contribution in [2.75, 3.05) is 27.2 Å². The highest BCUT2D eigenvalue weighted by Crippen LogP contribution is 2.28. The minimum Gasteiger partial charge on any atom is -0.502 e. The van der Waals surface area contributed by atoms with Crippen LogP contribution in [0, 0.1) is 10.1 Å². The molecule has 3 amide bonds. The maximum atomic E-state index is 11.8. The summed E-state index contributed by atoms with van der Waals surface area (Å²) in [5, 5.41) is 25.3. The van der Waals surface area contributed by atoms with Crippen molar-refractivity contribution < 1.29 is 19.6 Å². The van der Waals surface area contributed by atoms with Gasteiger partial charge in [-0.2, -0.15) is 0 Å². The van der Waals surface area contributed by atoms with Gasteiger partial charge in [0.15, 0.2) is 0 Å². The number of hydrogen-bond donors (Lipinski definition) is 3. The number of hydrogen-bond acceptors (Lipinski definition) is 5. The number of nitro benzene ring substituents is 1. The minimum atomic E-state index is -0.774. The van der Waals surface area contributed by atoms with Gasteiger partial charge in [0.2, 0.25) is 5.75 Å². The fourth-order valence-corrected chi connectivity index (χ4v) is 1.46. The third-order valence-corrected chi connectivity index (χ3v) is 2.55. The molecule has 0 heterocycles. The number of phenolic OH excluding ortho intramolecular Hbond substituents is 1. The van der Waals surface area contributed by atoms with E-state index in [4.69, 9.17) is 0 Å². The molecular formula is C12H16N4O5. The van der Waals surface area contributed by atoms with Gasteiger partial charge in [0.05, 0.1) is 10.5 Å². The predicted molar refractivity (Wildman–Crippen MR) is 74.2 cm³/mol. The minimum absolute atomic E-state index is 0.126. The molecule has 0 bridgehead atoms. The molecule has 0 aliphatic rings. The molecule has 9 nitrogen and oxygen atoms in total. The van der Waals surface area contributed by atoms with E-state index in [0.717, 1.165) is 6.07 Å². The van der Waals surface area contributed by atoms with Gasteiger partial charge in [0, 0.05) is 33.3 Å². The molecule has 0 saturated carbocycles. The lowest BCUT2D eigenvalue weighted by Gasteiger charge is -2.12. The molecule has 9 heteroatoms. The summed E-state index contributed by atoms with van der Waals surface area (Å²) in [6.45, 7) is 0.318. The van der Waals surface area contributed by atoms with Crippen molar-refractivity contribution in [2.24, 2.45) is 0 Å². The molecule has 0 unspecified atom stereocenters. The average molecular weight is 296 g/mol. The van der Waals surface area contributed by atoms with Crippen LogP contribution in [-0.4, -0.2) is 54.1 Å². The lowest BCUT2D eigenvalue weighted by atomic mass is 10.1. The SMILES string of the molecule is CN(C)C(=O)NCCNC(=O)c1cccc([N+](=O)[O-])c1O. The number of para-hydroxylation sites is 1. The van der Waals surface area contributed by atoms with Crippen LogP contribution in [0.2, 0.25) is 0 Å². The van der Waals surface area contributed by atoms with Crippen LogP contribution in [0.3, 0.4) is 0 Å². The summed E-state index contributed by atoms with van der Waals surface area (Å²) >= 11 is 0. The van der Waals surface area contributed by atoms with E-state index in [-0.39, 0.29) is 24.7 Å². The first-order valence-electron chi connectivity index (χ1n) is 6.04. The molecule has 0 radical (unpaired) electrons. The Morgan fingerprint density at radius 3 is 2.48 bits per heavy atom. The monoisotopic (exact) mass is 296 g/mol. The van der Waals surface area contributed by atoms with Crippen molar-refractivity contribution in [3.05, 3.63) is 33.9 Å². The van der Waals surface area contributed by atoms with Crippen molar-refractivity contribution in [1.29, 1.82) is 0 Å². The number of carbonyl (C=O) groups excluding carboxylic acids is 2. The summed E-state index contributed by atoms with van der Waals surface area (Å²) < 4.78 is 0. The summed E-state index contributed by atoms with van der Waals surface area (Å²) in [4.78, 5) is 34.2. The third kappa shape index (κ3) is 4.34. The number of aromatic hydroxyl groups is 1. The largest absolute Gasteiger partial charge is 0.502 e. The summed E-state index contributed by atoms with van der Waals surface area (Å²) in [6.07, 6.45) is 0. The van der Waals surface area contributed by atoms with Gasteiger partial charge in [-0.1, -0.05) is 6.07 Å². The Morgan fingerprint density at radius 1 is 1.29 bits per heavy atom. The standard InChI is InChI=1S/C12H16N4O5/c1-15(2)12(19)14-7-6-13-11(18)8-4-3-5-9(10(8)17)16(20)21/h3-5,17H,6-7H2,1-2H3,(H,13,18)(H,14,19). The van der Waals surface area contributed by atoms with Gasteiger partial charge in [-0.05, 0) is 6.07 Å². The molecule has 1 aromatic rings. The van der Waals surface area contributed by atoms with E-state index in [2.05, 4.69) is 10.6 Å². The fraction of sp³-hybridized carbons (Fsp3) is 0.333. The average Bonchev–Trinajstić information content (AvgIpc) is 2.42. The topological polar surface area (TPSA) is 125 Å². The van der Waals surface area contributed by atoms with Crippen LogP contribution in [0.1, 0.15) is 10.4 Å². The Hall–Kier alpha value is -2.84. The molecule has 0 aliphatic heterocycles. The maximum Gasteiger partial charge on any atom is 0.316 e. The van der Waals surface area contributed by atoms with Crippen LogP contribution in [0.5, 0.6) is 5.75 Å². The van der Waals surface area contributed by atoms with E-state index in [9.17, 15) is 24.8 Å². The van der Waals surface area contributed by atoms with Gasteiger partial charge in [0.1, 0.15) is 0 Å². The zero-order valence-corrected chi connectivity index (χ0v) is 11.6. The van der Waals surface area contributed by atoms with Crippen molar-refractivity contribution in [3.8, 4) is 5.75 Å². The van der Waals surface area contributed by atoms with Gasteiger partial charge in [-0.25, -0.2) is 4.79 Å². The zero-order chi connectivity index (χ0) is 16.0. The predicted octanol–water partition coefficient (Wildman–Crippen LogP) is 0.301. The smallest absolute Gasteiger partial charge is 0.316 e. The van der Waals surface area contributed by atoms with Crippen molar-refractivity contribution in [1.82, 2.24) is 15.5 Å². The molecule has 0 spiro atoms. The molecule has 1 rings (SSSR count). The van der Waals surface area contributed by atoms with Crippen molar-refractivity contribution in [3.63, 3.8) is 0 Å². The van der Waals surface area contributed by atoms with Gasteiger partial charge in [0.25, 0.3) is 5.91 Å². The number of carbonyl (C=O) groups is 2. The third-order valence-electron chi connectivity index (χ3n) is 2.55. The van der Waals surface area contributed by atoms with E-state index < -0.39 is 22.3 Å². The quantitative estimate of drug-likeness (QED) is 0.409. The van der Waals surface area contributed by atoms with Crippen LogP contribution >= 0.6 is 0 Å². The first-order chi connectivity index (χ1) is 9.84. The first-order valence-corrected chi connectivity index (χ1v) is 6.04. The van der Waals surface area contributed by atoms with Crippen LogP contribution in [0.4, 0.5) is 10.5 Å². The van der Waals surface area contributed by atoms with Gasteiger partial charge in [-0.3, -0.25) is 14.9 Å². The number of urea groups is 1. The van der Waals surface area contributed by atoms with Crippen LogP contribution in [0.15, 0.2) is 18.2 Å². The molecule has 1 aromatic carbocycles. The lowest BCUT2D eigenvalue weighted by Crippen LogP contribution is -2.39. The Kier molecular flexibility index (Phi) is 5.47. The number of rotatable bonds is 5. The Morgan fingerprint density at radius 2 is 1.90 bits per heavy atom. The van der Waals surface area contributed by atoms with E-state index >= 15 is 0 Å². The second-order valence-corrected chi connectivity index (χ2v) is 4.31. The van der Waals surface area contributed by atoms with Gasteiger partial charge in [-0.15, -0.1) is 0 Å². The number of nitrogens with one attached hydrogen (secondary N) is 2. The molecule has 21 heavy (non-hydrogen) atoms. The maximum absolute atomic E-state index is 11.8. The van der Waals surface area contributed by atoms with Crippen LogP contribution in [-0.2, 0) is 0 Å². The number of nitro groups is 1. The second-order valence-electron chi connectivity index (χ2n) is 4.31. The molecule has 0 saturated heterocycles. The summed E-state index contributed by atoms with van der Waals surface area (Å²) in [7, 11) is 3.16. The Bertz CT molecular complexity index is 559. The van der Waals surface area contributed by atoms with Crippen LogP contribution in [0.25, 0.3) is 0 Å². The normalized spacial score (nSPS) is 9.81. The lowest BCUT2D eigenvalue weighted by molar-refractivity contribution is -0.385. The molecule has 114 valence electrons. The number of amides is 3. The first kappa shape index (κ1) is 16.2. The summed E-state index contributed by atoms with van der Waals surface area (Å²) in [6, 6.07) is 3.38. The number of phenols is 1. The second kappa shape index (κ2) is 7.08.